The summed E-state index contributed by atoms with van der Waals surface area (Å²) in [5.41, 5.74) is 2.08. The van der Waals surface area contributed by atoms with Gasteiger partial charge < -0.3 is 5.32 Å². The van der Waals surface area contributed by atoms with E-state index in [0.717, 1.165) is 20.4 Å². The standard InChI is InChI=1S/C21H19NOS2/c1-16-11-13-17(14-12-16)24-15-21(23)22-19-9-5-6-10-20(19)25-18-7-3-2-4-8-18/h2-14H,15H2,1H3,(H,22,23). The Balaban J connectivity index is 1.62. The molecule has 0 bridgehead atoms. The summed E-state index contributed by atoms with van der Waals surface area (Å²) < 4.78 is 0. The molecule has 2 nitrogen and oxygen atoms in total. The lowest BCUT2D eigenvalue weighted by Gasteiger charge is -2.11. The van der Waals surface area contributed by atoms with Crippen molar-refractivity contribution in [3.8, 4) is 0 Å². The van der Waals surface area contributed by atoms with Gasteiger partial charge in [-0.15, -0.1) is 11.8 Å². The molecule has 3 rings (SSSR count). The molecule has 4 heteroatoms. The summed E-state index contributed by atoms with van der Waals surface area (Å²) in [7, 11) is 0. The minimum atomic E-state index is 0.00619. The Labute approximate surface area is 157 Å². The lowest BCUT2D eigenvalue weighted by molar-refractivity contribution is -0.113. The van der Waals surface area contributed by atoms with Gasteiger partial charge in [0, 0.05) is 14.7 Å². The fourth-order valence-electron chi connectivity index (χ4n) is 2.24. The molecule has 3 aromatic carbocycles. The van der Waals surface area contributed by atoms with Crippen LogP contribution in [0.15, 0.2) is 93.5 Å². The Morgan fingerprint density at radius 1 is 0.840 bits per heavy atom. The van der Waals surface area contributed by atoms with E-state index in [1.807, 2.05) is 54.6 Å². The predicted octanol–water partition coefficient (Wildman–Crippen LogP) is 5.88. The SMILES string of the molecule is Cc1ccc(SCC(=O)Nc2ccccc2Sc2ccccc2)cc1. The molecule has 25 heavy (non-hydrogen) atoms. The lowest BCUT2D eigenvalue weighted by atomic mass is 10.2. The van der Waals surface area contributed by atoms with Gasteiger partial charge in [-0.1, -0.05) is 59.8 Å². The number of thioether (sulfide) groups is 1. The Hall–Kier alpha value is -2.17. The molecule has 1 amide bonds. The summed E-state index contributed by atoms with van der Waals surface area (Å²) in [4.78, 5) is 15.6. The lowest BCUT2D eigenvalue weighted by Crippen LogP contribution is -2.14. The van der Waals surface area contributed by atoms with Gasteiger partial charge in [0.25, 0.3) is 0 Å². The highest BCUT2D eigenvalue weighted by Crippen LogP contribution is 2.33. The molecule has 0 saturated heterocycles. The number of para-hydroxylation sites is 1. The van der Waals surface area contributed by atoms with Crippen LogP contribution in [0.1, 0.15) is 5.56 Å². The van der Waals surface area contributed by atoms with Crippen molar-refractivity contribution in [1.29, 1.82) is 0 Å². The third-order valence-corrected chi connectivity index (χ3v) is 5.62. The van der Waals surface area contributed by atoms with Crippen molar-refractivity contribution in [3.05, 3.63) is 84.4 Å². The van der Waals surface area contributed by atoms with Gasteiger partial charge in [0.15, 0.2) is 0 Å². The number of anilines is 1. The van der Waals surface area contributed by atoms with Gasteiger partial charge in [-0.25, -0.2) is 0 Å². The van der Waals surface area contributed by atoms with Crippen molar-refractivity contribution < 1.29 is 4.79 Å². The number of hydrogen-bond acceptors (Lipinski definition) is 3. The number of hydrogen-bond donors (Lipinski definition) is 1. The molecule has 0 spiro atoms. The highest BCUT2D eigenvalue weighted by molar-refractivity contribution is 8.00. The molecule has 0 aromatic heterocycles. The van der Waals surface area contributed by atoms with Gasteiger partial charge in [0.2, 0.25) is 5.91 Å². The number of benzene rings is 3. The van der Waals surface area contributed by atoms with E-state index in [1.54, 1.807) is 23.5 Å². The van der Waals surface area contributed by atoms with E-state index in [2.05, 4.69) is 36.5 Å². The number of nitrogens with one attached hydrogen (secondary N) is 1. The van der Waals surface area contributed by atoms with E-state index in [9.17, 15) is 4.79 Å². The predicted molar refractivity (Wildman–Crippen MR) is 108 cm³/mol. The molecule has 0 radical (unpaired) electrons. The Kier molecular flexibility index (Phi) is 6.20. The smallest absolute Gasteiger partial charge is 0.234 e. The second kappa shape index (κ2) is 8.79. The van der Waals surface area contributed by atoms with Crippen molar-refractivity contribution in [1.82, 2.24) is 0 Å². The zero-order chi connectivity index (χ0) is 17.5. The summed E-state index contributed by atoms with van der Waals surface area (Å²) >= 11 is 3.20. The van der Waals surface area contributed by atoms with Crippen LogP contribution >= 0.6 is 23.5 Å². The quantitative estimate of drug-likeness (QED) is 0.553. The van der Waals surface area contributed by atoms with Gasteiger partial charge in [-0.05, 0) is 43.3 Å². The van der Waals surface area contributed by atoms with Crippen LogP contribution in [0.5, 0.6) is 0 Å². The maximum absolute atomic E-state index is 12.3. The summed E-state index contributed by atoms with van der Waals surface area (Å²) in [6.45, 7) is 2.06. The van der Waals surface area contributed by atoms with Crippen LogP contribution in [0, 0.1) is 6.92 Å². The Bertz CT molecular complexity index is 832. The second-order valence-corrected chi connectivity index (χ2v) is 7.73. The van der Waals surface area contributed by atoms with Crippen molar-refractivity contribution in [2.45, 2.75) is 21.6 Å². The normalized spacial score (nSPS) is 10.4. The Morgan fingerprint density at radius 2 is 1.52 bits per heavy atom. The van der Waals surface area contributed by atoms with Crippen molar-refractivity contribution >= 4 is 35.1 Å². The van der Waals surface area contributed by atoms with E-state index in [0.29, 0.717) is 5.75 Å². The van der Waals surface area contributed by atoms with E-state index < -0.39 is 0 Å². The van der Waals surface area contributed by atoms with Gasteiger partial charge in [-0.2, -0.15) is 0 Å². The third kappa shape index (κ3) is 5.41. The van der Waals surface area contributed by atoms with Crippen molar-refractivity contribution in [2.75, 3.05) is 11.1 Å². The molecule has 0 heterocycles. The summed E-state index contributed by atoms with van der Waals surface area (Å²) in [5, 5.41) is 3.03. The van der Waals surface area contributed by atoms with Crippen LogP contribution in [0.25, 0.3) is 0 Å². The number of amides is 1. The first-order valence-electron chi connectivity index (χ1n) is 8.02. The molecule has 1 N–H and O–H groups in total. The van der Waals surface area contributed by atoms with Crippen LogP contribution in [0.3, 0.4) is 0 Å². The maximum atomic E-state index is 12.3. The number of carbonyl (C=O) groups excluding carboxylic acids is 1. The molecule has 0 aliphatic carbocycles. The number of carbonyl (C=O) groups is 1. The molecule has 0 unspecified atom stereocenters. The fraction of sp³-hybridized carbons (Fsp3) is 0.0952. The molecule has 0 fully saturated rings. The molecule has 3 aromatic rings. The van der Waals surface area contributed by atoms with Crippen LogP contribution in [0.2, 0.25) is 0 Å². The number of rotatable bonds is 6. The molecule has 0 aliphatic heterocycles. The minimum absolute atomic E-state index is 0.00619. The van der Waals surface area contributed by atoms with E-state index in [4.69, 9.17) is 0 Å². The van der Waals surface area contributed by atoms with Crippen LogP contribution < -0.4 is 5.32 Å². The largest absolute Gasteiger partial charge is 0.324 e. The first kappa shape index (κ1) is 17.6. The average molecular weight is 366 g/mol. The van der Waals surface area contributed by atoms with Gasteiger partial charge in [-0.3, -0.25) is 4.79 Å². The van der Waals surface area contributed by atoms with Crippen LogP contribution in [-0.4, -0.2) is 11.7 Å². The average Bonchev–Trinajstić information content (AvgIpc) is 2.64. The minimum Gasteiger partial charge on any atom is -0.324 e. The summed E-state index contributed by atoms with van der Waals surface area (Å²) in [6.07, 6.45) is 0. The first-order valence-corrected chi connectivity index (χ1v) is 9.82. The molecule has 126 valence electrons. The molecular formula is C21H19NOS2. The topological polar surface area (TPSA) is 29.1 Å². The van der Waals surface area contributed by atoms with E-state index in [1.165, 1.54) is 5.56 Å². The van der Waals surface area contributed by atoms with Crippen LogP contribution in [0.4, 0.5) is 5.69 Å². The molecule has 0 atom stereocenters. The van der Waals surface area contributed by atoms with E-state index in [-0.39, 0.29) is 5.91 Å². The van der Waals surface area contributed by atoms with Gasteiger partial charge in [0.1, 0.15) is 0 Å². The van der Waals surface area contributed by atoms with Gasteiger partial charge >= 0.3 is 0 Å². The Morgan fingerprint density at radius 3 is 2.28 bits per heavy atom. The maximum Gasteiger partial charge on any atom is 0.234 e. The zero-order valence-corrected chi connectivity index (χ0v) is 15.6. The molecule has 0 aliphatic rings. The van der Waals surface area contributed by atoms with Gasteiger partial charge in [0.05, 0.1) is 11.4 Å². The fourth-order valence-corrected chi connectivity index (χ4v) is 3.87. The molecule has 0 saturated carbocycles. The zero-order valence-electron chi connectivity index (χ0n) is 13.9. The van der Waals surface area contributed by atoms with Crippen molar-refractivity contribution in [3.63, 3.8) is 0 Å². The monoisotopic (exact) mass is 365 g/mol. The van der Waals surface area contributed by atoms with E-state index >= 15 is 0 Å². The summed E-state index contributed by atoms with van der Waals surface area (Å²) in [6, 6.07) is 26.3. The summed E-state index contributed by atoms with van der Waals surface area (Å²) in [5.74, 6) is 0.402. The highest BCUT2D eigenvalue weighted by Gasteiger charge is 2.08. The number of aryl methyl sites for hydroxylation is 1. The second-order valence-electron chi connectivity index (χ2n) is 5.56. The first-order chi connectivity index (χ1) is 12.2. The highest BCUT2D eigenvalue weighted by atomic mass is 32.2. The van der Waals surface area contributed by atoms with Crippen molar-refractivity contribution in [2.24, 2.45) is 0 Å². The molecular weight excluding hydrogens is 346 g/mol. The third-order valence-electron chi connectivity index (χ3n) is 3.52. The van der Waals surface area contributed by atoms with Crippen LogP contribution in [-0.2, 0) is 4.79 Å².